The van der Waals surface area contributed by atoms with E-state index < -0.39 is 6.09 Å². The van der Waals surface area contributed by atoms with Crippen LogP contribution in [-0.2, 0) is 0 Å². The first-order valence-electron chi connectivity index (χ1n) is 7.73. The van der Waals surface area contributed by atoms with E-state index in [2.05, 4.69) is 5.32 Å². The molecule has 0 bridgehead atoms. The van der Waals surface area contributed by atoms with Gasteiger partial charge in [-0.3, -0.25) is 5.32 Å². The lowest BCUT2D eigenvalue weighted by Gasteiger charge is -2.11. The minimum atomic E-state index is -0.575. The van der Waals surface area contributed by atoms with Gasteiger partial charge in [-0.25, -0.2) is 4.79 Å². The van der Waals surface area contributed by atoms with E-state index in [-0.39, 0.29) is 0 Å². The van der Waals surface area contributed by atoms with Crippen LogP contribution in [0.4, 0.5) is 16.2 Å². The number of hydrogen-bond acceptors (Lipinski definition) is 4. The highest BCUT2D eigenvalue weighted by Gasteiger charge is 2.08. The van der Waals surface area contributed by atoms with Crippen molar-refractivity contribution in [2.45, 2.75) is 0 Å². The van der Waals surface area contributed by atoms with Crippen LogP contribution in [0.2, 0.25) is 0 Å². The molecule has 3 rings (SSSR count). The first kappa shape index (κ1) is 16.4. The van der Waals surface area contributed by atoms with Gasteiger partial charge in [0.15, 0.2) is 0 Å². The fraction of sp³-hybridized carbons (Fsp3) is 0.0500. The molecule has 5 nitrogen and oxygen atoms in total. The third-order valence-electron chi connectivity index (χ3n) is 3.65. The Morgan fingerprint density at radius 2 is 1.60 bits per heavy atom. The van der Waals surface area contributed by atoms with Crippen molar-refractivity contribution < 1.29 is 14.3 Å². The average molecular weight is 334 g/mol. The number of anilines is 2. The zero-order valence-corrected chi connectivity index (χ0v) is 13.7. The molecule has 0 saturated heterocycles. The van der Waals surface area contributed by atoms with Crippen LogP contribution in [0.1, 0.15) is 0 Å². The quantitative estimate of drug-likeness (QED) is 0.686. The van der Waals surface area contributed by atoms with Crippen LogP contribution in [0.3, 0.4) is 0 Å². The number of benzene rings is 3. The Morgan fingerprint density at radius 1 is 0.920 bits per heavy atom. The second kappa shape index (κ2) is 7.40. The fourth-order valence-electron chi connectivity index (χ4n) is 2.40. The molecule has 0 unspecified atom stereocenters. The predicted octanol–water partition coefficient (Wildman–Crippen LogP) is 4.56. The normalized spacial score (nSPS) is 10.1. The first-order chi connectivity index (χ1) is 12.2. The number of amides is 1. The highest BCUT2D eigenvalue weighted by atomic mass is 16.6. The second-order valence-electron chi connectivity index (χ2n) is 5.36. The van der Waals surface area contributed by atoms with Gasteiger partial charge in [-0.1, -0.05) is 30.3 Å². The molecule has 0 fully saturated rings. The molecule has 3 aromatic rings. The van der Waals surface area contributed by atoms with Crippen LogP contribution < -0.4 is 20.5 Å². The van der Waals surface area contributed by atoms with Crippen LogP contribution >= 0.6 is 0 Å². The van der Waals surface area contributed by atoms with Crippen LogP contribution in [0.25, 0.3) is 11.1 Å². The number of ether oxygens (including phenoxy) is 2. The first-order valence-corrected chi connectivity index (χ1v) is 7.73. The molecule has 0 aliphatic carbocycles. The monoisotopic (exact) mass is 334 g/mol. The molecule has 126 valence electrons. The summed E-state index contributed by atoms with van der Waals surface area (Å²) in [5.41, 5.74) is 9.12. The largest absolute Gasteiger partial charge is 0.497 e. The SMILES string of the molecule is COc1ccc(OC(=O)Nc2ccc(N)c(-c3ccccc3)c2)cc1. The van der Waals surface area contributed by atoms with Crippen molar-refractivity contribution in [3.8, 4) is 22.6 Å². The van der Waals surface area contributed by atoms with Gasteiger partial charge >= 0.3 is 6.09 Å². The van der Waals surface area contributed by atoms with Gasteiger partial charge in [-0.15, -0.1) is 0 Å². The third kappa shape index (κ3) is 4.09. The van der Waals surface area contributed by atoms with Gasteiger partial charge in [0.1, 0.15) is 11.5 Å². The molecule has 0 saturated carbocycles. The summed E-state index contributed by atoms with van der Waals surface area (Å²) in [5, 5.41) is 2.71. The van der Waals surface area contributed by atoms with E-state index in [9.17, 15) is 4.79 Å². The number of nitrogens with one attached hydrogen (secondary N) is 1. The molecule has 0 aromatic heterocycles. The van der Waals surface area contributed by atoms with Crippen molar-refractivity contribution in [2.24, 2.45) is 0 Å². The Hall–Kier alpha value is -3.47. The third-order valence-corrected chi connectivity index (χ3v) is 3.65. The number of carbonyl (C=O) groups is 1. The van der Waals surface area contributed by atoms with Crippen molar-refractivity contribution in [3.63, 3.8) is 0 Å². The minimum Gasteiger partial charge on any atom is -0.497 e. The Morgan fingerprint density at radius 3 is 2.28 bits per heavy atom. The molecule has 0 aliphatic rings. The van der Waals surface area contributed by atoms with E-state index in [0.29, 0.717) is 22.9 Å². The molecule has 5 heteroatoms. The minimum absolute atomic E-state index is 0.428. The molecule has 0 aliphatic heterocycles. The van der Waals surface area contributed by atoms with E-state index in [1.165, 1.54) is 0 Å². The van der Waals surface area contributed by atoms with E-state index in [1.54, 1.807) is 43.5 Å². The zero-order valence-electron chi connectivity index (χ0n) is 13.7. The van der Waals surface area contributed by atoms with Crippen molar-refractivity contribution in [3.05, 3.63) is 72.8 Å². The summed E-state index contributed by atoms with van der Waals surface area (Å²) in [6.07, 6.45) is -0.575. The van der Waals surface area contributed by atoms with Crippen molar-refractivity contribution in [1.29, 1.82) is 0 Å². The van der Waals surface area contributed by atoms with Crippen molar-refractivity contribution in [2.75, 3.05) is 18.2 Å². The topological polar surface area (TPSA) is 73.6 Å². The molecule has 0 heterocycles. The van der Waals surface area contributed by atoms with E-state index >= 15 is 0 Å². The summed E-state index contributed by atoms with van der Waals surface area (Å²) in [6, 6.07) is 21.8. The lowest BCUT2D eigenvalue weighted by atomic mass is 10.0. The van der Waals surface area contributed by atoms with Crippen LogP contribution in [0.15, 0.2) is 72.8 Å². The van der Waals surface area contributed by atoms with E-state index in [0.717, 1.165) is 11.1 Å². The summed E-state index contributed by atoms with van der Waals surface area (Å²) in [6.45, 7) is 0. The standard InChI is InChI=1S/C20H18N2O3/c1-24-16-8-10-17(11-9-16)25-20(23)22-15-7-12-19(21)18(13-15)14-5-3-2-4-6-14/h2-13H,21H2,1H3,(H,22,23). The Bertz CT molecular complexity index is 862. The number of hydrogen-bond donors (Lipinski definition) is 2. The molecule has 1 amide bonds. The van der Waals surface area contributed by atoms with Crippen molar-refractivity contribution in [1.82, 2.24) is 0 Å². The van der Waals surface area contributed by atoms with Gasteiger partial charge in [-0.2, -0.15) is 0 Å². The average Bonchev–Trinajstić information content (AvgIpc) is 2.64. The maximum atomic E-state index is 12.1. The Kier molecular flexibility index (Phi) is 4.85. The number of nitrogens with two attached hydrogens (primary N) is 1. The van der Waals surface area contributed by atoms with Gasteiger partial charge < -0.3 is 15.2 Å². The Labute approximate surface area is 146 Å². The van der Waals surface area contributed by atoms with Crippen LogP contribution in [-0.4, -0.2) is 13.2 Å². The summed E-state index contributed by atoms with van der Waals surface area (Å²) < 4.78 is 10.3. The summed E-state index contributed by atoms with van der Waals surface area (Å²) >= 11 is 0. The molecule has 25 heavy (non-hydrogen) atoms. The lowest BCUT2D eigenvalue weighted by molar-refractivity contribution is 0.215. The molecule has 0 spiro atoms. The zero-order chi connectivity index (χ0) is 17.6. The van der Waals surface area contributed by atoms with Gasteiger partial charge in [-0.05, 0) is 48.0 Å². The van der Waals surface area contributed by atoms with E-state index in [4.69, 9.17) is 15.2 Å². The number of methoxy groups -OCH3 is 1. The predicted molar refractivity (Wildman–Crippen MR) is 98.9 cm³/mol. The number of nitrogen functional groups attached to an aromatic ring is 1. The molecular formula is C20H18N2O3. The lowest BCUT2D eigenvalue weighted by Crippen LogP contribution is -2.16. The fourth-order valence-corrected chi connectivity index (χ4v) is 2.40. The highest BCUT2D eigenvalue weighted by Crippen LogP contribution is 2.28. The highest BCUT2D eigenvalue weighted by molar-refractivity contribution is 5.89. The summed E-state index contributed by atoms with van der Waals surface area (Å²) in [4.78, 5) is 12.1. The maximum Gasteiger partial charge on any atom is 0.417 e. The van der Waals surface area contributed by atoms with Crippen LogP contribution in [0.5, 0.6) is 11.5 Å². The molecule has 3 aromatic carbocycles. The van der Waals surface area contributed by atoms with Crippen molar-refractivity contribution >= 4 is 17.5 Å². The molecular weight excluding hydrogens is 316 g/mol. The van der Waals surface area contributed by atoms with Gasteiger partial charge in [0.2, 0.25) is 0 Å². The molecule has 0 radical (unpaired) electrons. The van der Waals surface area contributed by atoms with Crippen LogP contribution in [0, 0.1) is 0 Å². The number of rotatable bonds is 4. The Balaban J connectivity index is 1.73. The maximum absolute atomic E-state index is 12.1. The second-order valence-corrected chi connectivity index (χ2v) is 5.36. The smallest absolute Gasteiger partial charge is 0.417 e. The van der Waals surface area contributed by atoms with Gasteiger partial charge in [0.05, 0.1) is 7.11 Å². The summed E-state index contributed by atoms with van der Waals surface area (Å²) in [5.74, 6) is 1.12. The van der Waals surface area contributed by atoms with Gasteiger partial charge in [0.25, 0.3) is 0 Å². The van der Waals surface area contributed by atoms with Gasteiger partial charge in [0, 0.05) is 16.9 Å². The summed E-state index contributed by atoms with van der Waals surface area (Å²) in [7, 11) is 1.58. The number of carbonyl (C=O) groups excluding carboxylic acids is 1. The molecule has 0 atom stereocenters. The molecule has 3 N–H and O–H groups in total. The van der Waals surface area contributed by atoms with E-state index in [1.807, 2.05) is 36.4 Å².